The van der Waals surface area contributed by atoms with Gasteiger partial charge >= 0.3 is 12.1 Å². The molecule has 2 N–H and O–H groups in total. The van der Waals surface area contributed by atoms with Crippen LogP contribution < -0.4 is 10.1 Å². The third-order valence-electron chi connectivity index (χ3n) is 4.10. The Hall–Kier alpha value is -2.25. The summed E-state index contributed by atoms with van der Waals surface area (Å²) in [5, 5.41) is 11.8. The van der Waals surface area contributed by atoms with Crippen LogP contribution in [-0.2, 0) is 16.1 Å². The predicted molar refractivity (Wildman–Crippen MR) is 78.4 cm³/mol. The SMILES string of the molecule is O=C(CC1(C(=O)O)CCC1)NCc1ccccc1OCC(F)(F)F. The summed E-state index contributed by atoms with van der Waals surface area (Å²) in [6.45, 7) is -1.44. The number of aliphatic carboxylic acids is 1. The second kappa shape index (κ2) is 7.11. The molecule has 0 heterocycles. The first-order valence-corrected chi connectivity index (χ1v) is 7.49. The van der Waals surface area contributed by atoms with Crippen molar-refractivity contribution in [2.45, 2.75) is 38.4 Å². The van der Waals surface area contributed by atoms with E-state index in [4.69, 9.17) is 4.74 Å². The van der Waals surface area contributed by atoms with Crippen LogP contribution in [0.4, 0.5) is 13.2 Å². The molecule has 8 heteroatoms. The molecule has 132 valence electrons. The molecule has 1 amide bonds. The van der Waals surface area contributed by atoms with Crippen molar-refractivity contribution >= 4 is 11.9 Å². The Kier molecular flexibility index (Phi) is 5.36. The number of carbonyl (C=O) groups excluding carboxylic acids is 1. The van der Waals surface area contributed by atoms with Gasteiger partial charge in [0.1, 0.15) is 5.75 Å². The summed E-state index contributed by atoms with van der Waals surface area (Å²) in [7, 11) is 0. The van der Waals surface area contributed by atoms with Gasteiger partial charge in [-0.3, -0.25) is 9.59 Å². The summed E-state index contributed by atoms with van der Waals surface area (Å²) < 4.78 is 41.5. The maximum Gasteiger partial charge on any atom is 0.422 e. The Morgan fingerprint density at radius 3 is 2.46 bits per heavy atom. The van der Waals surface area contributed by atoms with E-state index >= 15 is 0 Å². The highest BCUT2D eigenvalue weighted by molar-refractivity contribution is 5.85. The fraction of sp³-hybridized carbons (Fsp3) is 0.500. The second-order valence-electron chi connectivity index (χ2n) is 5.90. The lowest BCUT2D eigenvalue weighted by molar-refractivity contribution is -0.157. The van der Waals surface area contributed by atoms with Gasteiger partial charge in [0, 0.05) is 18.5 Å². The summed E-state index contributed by atoms with van der Waals surface area (Å²) in [6.07, 6.45) is -2.89. The lowest BCUT2D eigenvalue weighted by atomic mass is 9.66. The topological polar surface area (TPSA) is 75.6 Å². The number of alkyl halides is 3. The van der Waals surface area contributed by atoms with E-state index in [0.717, 1.165) is 6.42 Å². The molecule has 1 aliphatic carbocycles. The van der Waals surface area contributed by atoms with Gasteiger partial charge in [0.15, 0.2) is 6.61 Å². The van der Waals surface area contributed by atoms with E-state index in [9.17, 15) is 27.9 Å². The number of carbonyl (C=O) groups is 2. The van der Waals surface area contributed by atoms with Gasteiger partial charge in [-0.1, -0.05) is 24.6 Å². The standard InChI is InChI=1S/C16H18F3NO4/c17-16(18,19)10-24-12-5-2-1-4-11(12)9-20-13(21)8-15(14(22)23)6-3-7-15/h1-2,4-5H,3,6-10H2,(H,20,21)(H,22,23). The van der Waals surface area contributed by atoms with Crippen molar-refractivity contribution in [3.63, 3.8) is 0 Å². The molecule has 0 saturated heterocycles. The molecule has 2 rings (SSSR count). The Morgan fingerprint density at radius 2 is 1.92 bits per heavy atom. The fourth-order valence-corrected chi connectivity index (χ4v) is 2.58. The molecule has 0 radical (unpaired) electrons. The van der Waals surface area contributed by atoms with Gasteiger partial charge in [0.25, 0.3) is 0 Å². The molecule has 0 atom stereocenters. The lowest BCUT2D eigenvalue weighted by Gasteiger charge is -2.36. The molecule has 1 aliphatic rings. The van der Waals surface area contributed by atoms with Crippen molar-refractivity contribution < 1.29 is 32.6 Å². The molecule has 1 saturated carbocycles. The minimum atomic E-state index is -4.45. The van der Waals surface area contributed by atoms with Crippen molar-refractivity contribution in [2.75, 3.05) is 6.61 Å². The quantitative estimate of drug-likeness (QED) is 0.797. The van der Waals surface area contributed by atoms with E-state index in [1.807, 2.05) is 0 Å². The number of ether oxygens (including phenoxy) is 1. The normalized spacial score (nSPS) is 16.1. The highest BCUT2D eigenvalue weighted by Crippen LogP contribution is 2.44. The highest BCUT2D eigenvalue weighted by Gasteiger charge is 2.45. The molecular weight excluding hydrogens is 327 g/mol. The van der Waals surface area contributed by atoms with Crippen molar-refractivity contribution in [2.24, 2.45) is 5.41 Å². The van der Waals surface area contributed by atoms with E-state index in [1.54, 1.807) is 12.1 Å². The first kappa shape index (κ1) is 18.1. The van der Waals surface area contributed by atoms with Crippen LogP contribution in [0.5, 0.6) is 5.75 Å². The Morgan fingerprint density at radius 1 is 1.25 bits per heavy atom. The first-order chi connectivity index (χ1) is 11.2. The smallest absolute Gasteiger partial charge is 0.422 e. The van der Waals surface area contributed by atoms with E-state index in [1.165, 1.54) is 12.1 Å². The number of hydrogen-bond acceptors (Lipinski definition) is 3. The molecule has 1 fully saturated rings. The van der Waals surface area contributed by atoms with E-state index in [0.29, 0.717) is 18.4 Å². The Labute approximate surface area is 136 Å². The number of halogens is 3. The average molecular weight is 345 g/mol. The summed E-state index contributed by atoms with van der Waals surface area (Å²) in [5.74, 6) is -1.40. The van der Waals surface area contributed by atoms with Gasteiger partial charge in [-0.15, -0.1) is 0 Å². The molecule has 24 heavy (non-hydrogen) atoms. The molecule has 0 spiro atoms. The molecule has 5 nitrogen and oxygen atoms in total. The molecule has 0 bridgehead atoms. The molecular formula is C16H18F3NO4. The number of para-hydroxylation sites is 1. The number of rotatable bonds is 7. The van der Waals surface area contributed by atoms with Crippen LogP contribution in [-0.4, -0.2) is 29.8 Å². The van der Waals surface area contributed by atoms with Crippen LogP contribution in [0.1, 0.15) is 31.2 Å². The predicted octanol–water partition coefficient (Wildman–Crippen LogP) is 2.89. The third-order valence-corrected chi connectivity index (χ3v) is 4.10. The number of nitrogens with one attached hydrogen (secondary N) is 1. The number of hydrogen-bond donors (Lipinski definition) is 2. The van der Waals surface area contributed by atoms with Crippen LogP contribution >= 0.6 is 0 Å². The van der Waals surface area contributed by atoms with Crippen LogP contribution in [0, 0.1) is 5.41 Å². The van der Waals surface area contributed by atoms with Crippen LogP contribution in [0.2, 0.25) is 0 Å². The molecule has 0 aliphatic heterocycles. The molecule has 0 aromatic heterocycles. The summed E-state index contributed by atoms with van der Waals surface area (Å²) >= 11 is 0. The maximum atomic E-state index is 12.2. The van der Waals surface area contributed by atoms with Crippen LogP contribution in [0.15, 0.2) is 24.3 Å². The van der Waals surface area contributed by atoms with Crippen molar-refractivity contribution in [1.82, 2.24) is 5.32 Å². The van der Waals surface area contributed by atoms with E-state index < -0.39 is 30.1 Å². The van der Waals surface area contributed by atoms with Gasteiger partial charge in [-0.2, -0.15) is 13.2 Å². The van der Waals surface area contributed by atoms with Gasteiger partial charge in [0.05, 0.1) is 5.41 Å². The van der Waals surface area contributed by atoms with E-state index in [2.05, 4.69) is 5.32 Å². The van der Waals surface area contributed by atoms with Crippen molar-refractivity contribution in [3.8, 4) is 5.75 Å². The number of amides is 1. The monoisotopic (exact) mass is 345 g/mol. The minimum absolute atomic E-state index is 0.0252. The first-order valence-electron chi connectivity index (χ1n) is 7.49. The highest BCUT2D eigenvalue weighted by atomic mass is 19.4. The number of benzene rings is 1. The summed E-state index contributed by atoms with van der Waals surface area (Å²) in [4.78, 5) is 23.2. The van der Waals surface area contributed by atoms with Crippen molar-refractivity contribution in [3.05, 3.63) is 29.8 Å². The van der Waals surface area contributed by atoms with Gasteiger partial charge in [0.2, 0.25) is 5.91 Å². The molecule has 1 aromatic rings. The van der Waals surface area contributed by atoms with Gasteiger partial charge in [-0.05, 0) is 18.9 Å². The fourth-order valence-electron chi connectivity index (χ4n) is 2.58. The summed E-state index contributed by atoms with van der Waals surface area (Å²) in [5.41, 5.74) is -0.607. The third kappa shape index (κ3) is 4.62. The Bertz CT molecular complexity index is 612. The van der Waals surface area contributed by atoms with Crippen LogP contribution in [0.3, 0.4) is 0 Å². The number of carboxylic acid groups (broad SMARTS) is 1. The largest absolute Gasteiger partial charge is 0.484 e. The second-order valence-corrected chi connectivity index (χ2v) is 5.90. The van der Waals surface area contributed by atoms with E-state index in [-0.39, 0.29) is 18.7 Å². The van der Waals surface area contributed by atoms with Gasteiger partial charge < -0.3 is 15.2 Å². The zero-order valence-corrected chi connectivity index (χ0v) is 12.9. The molecule has 1 aromatic carbocycles. The maximum absolute atomic E-state index is 12.2. The lowest BCUT2D eigenvalue weighted by Crippen LogP contribution is -2.42. The Balaban J connectivity index is 1.92. The van der Waals surface area contributed by atoms with Gasteiger partial charge in [-0.25, -0.2) is 0 Å². The zero-order valence-electron chi connectivity index (χ0n) is 12.9. The average Bonchev–Trinajstić information content (AvgIpc) is 2.46. The minimum Gasteiger partial charge on any atom is -0.484 e. The van der Waals surface area contributed by atoms with Crippen molar-refractivity contribution in [1.29, 1.82) is 0 Å². The number of carboxylic acids is 1. The summed E-state index contributed by atoms with van der Waals surface area (Å²) in [6, 6.07) is 6.08. The van der Waals surface area contributed by atoms with Crippen LogP contribution in [0.25, 0.3) is 0 Å². The zero-order chi connectivity index (χ0) is 17.8. The molecule has 0 unspecified atom stereocenters.